The van der Waals surface area contributed by atoms with Gasteiger partial charge in [-0.3, -0.25) is 0 Å². The molecule has 184 valence electrons. The predicted octanol–water partition coefficient (Wildman–Crippen LogP) is 5.21. The average molecular weight is 541 g/mol. The van der Waals surface area contributed by atoms with Crippen molar-refractivity contribution >= 4 is 33.8 Å². The fourth-order valence-electron chi connectivity index (χ4n) is 5.07. The van der Waals surface area contributed by atoms with E-state index in [1.807, 2.05) is 80.0 Å². The third kappa shape index (κ3) is 4.74. The minimum atomic E-state index is -0.606. The second-order valence-electron chi connectivity index (χ2n) is 10.1. The van der Waals surface area contributed by atoms with E-state index in [1.165, 1.54) is 0 Å². The van der Waals surface area contributed by atoms with Gasteiger partial charge in [0.15, 0.2) is 5.65 Å². The molecule has 35 heavy (non-hydrogen) atoms. The Bertz CT molecular complexity index is 1240. The Kier molecular flexibility index (Phi) is 6.21. The smallest absolute Gasteiger partial charge is 0.410 e. The van der Waals surface area contributed by atoms with E-state index in [0.717, 1.165) is 21.4 Å². The van der Waals surface area contributed by atoms with E-state index in [1.54, 1.807) is 9.80 Å². The first-order chi connectivity index (χ1) is 16.7. The molecule has 2 aliphatic rings. The lowest BCUT2D eigenvalue weighted by molar-refractivity contribution is 0.0209. The Morgan fingerprint density at radius 2 is 1.86 bits per heavy atom. The summed E-state index contributed by atoms with van der Waals surface area (Å²) in [4.78, 5) is 34.7. The van der Waals surface area contributed by atoms with Crippen LogP contribution in [-0.4, -0.2) is 62.1 Å². The number of hydrogen-bond acceptors (Lipinski definition) is 5. The SMILES string of the molecule is CC(C)(C)OC(=O)N1CC[C@@H]2[C@H]1[C@@H](c1cn3cccc(Br)c3n1)CN2C(=O)OCc1ccccc1. The lowest BCUT2D eigenvalue weighted by atomic mass is 9.97. The van der Waals surface area contributed by atoms with Crippen molar-refractivity contribution in [3.05, 3.63) is 70.6 Å². The number of fused-ring (bicyclic) bond motifs is 2. The monoisotopic (exact) mass is 540 g/mol. The van der Waals surface area contributed by atoms with Crippen molar-refractivity contribution in [2.24, 2.45) is 0 Å². The van der Waals surface area contributed by atoms with Crippen LogP contribution in [-0.2, 0) is 16.1 Å². The van der Waals surface area contributed by atoms with E-state index in [0.29, 0.717) is 19.5 Å². The summed E-state index contributed by atoms with van der Waals surface area (Å²) >= 11 is 3.57. The van der Waals surface area contributed by atoms with Crippen molar-refractivity contribution < 1.29 is 19.1 Å². The highest BCUT2D eigenvalue weighted by Gasteiger charge is 2.54. The zero-order valence-electron chi connectivity index (χ0n) is 20.1. The number of benzene rings is 1. The van der Waals surface area contributed by atoms with Gasteiger partial charge in [0.2, 0.25) is 0 Å². The van der Waals surface area contributed by atoms with Gasteiger partial charge >= 0.3 is 12.2 Å². The topological polar surface area (TPSA) is 76.4 Å². The number of amides is 2. The van der Waals surface area contributed by atoms with Crippen LogP contribution in [0.2, 0.25) is 0 Å². The van der Waals surface area contributed by atoms with Gasteiger partial charge in [-0.2, -0.15) is 0 Å². The maximum atomic E-state index is 13.2. The quantitative estimate of drug-likeness (QED) is 0.455. The summed E-state index contributed by atoms with van der Waals surface area (Å²) in [7, 11) is 0. The van der Waals surface area contributed by atoms with Crippen molar-refractivity contribution in [1.29, 1.82) is 0 Å². The molecule has 1 aromatic carbocycles. The molecule has 0 saturated carbocycles. The molecule has 0 radical (unpaired) electrons. The summed E-state index contributed by atoms with van der Waals surface area (Å²) in [5.41, 5.74) is 1.96. The lowest BCUT2D eigenvalue weighted by Crippen LogP contribution is -2.45. The maximum Gasteiger partial charge on any atom is 0.410 e. The van der Waals surface area contributed by atoms with E-state index in [2.05, 4.69) is 15.9 Å². The molecule has 2 saturated heterocycles. The lowest BCUT2D eigenvalue weighted by Gasteiger charge is -2.30. The van der Waals surface area contributed by atoms with Crippen LogP contribution in [0.4, 0.5) is 9.59 Å². The van der Waals surface area contributed by atoms with E-state index in [9.17, 15) is 9.59 Å². The first kappa shape index (κ1) is 23.7. The summed E-state index contributed by atoms with van der Waals surface area (Å²) in [5, 5.41) is 0. The summed E-state index contributed by atoms with van der Waals surface area (Å²) in [5.74, 6) is -0.161. The molecule has 9 heteroatoms. The zero-order chi connectivity index (χ0) is 24.7. The van der Waals surface area contributed by atoms with Crippen LogP contribution in [0.25, 0.3) is 5.65 Å². The fourth-order valence-corrected chi connectivity index (χ4v) is 5.52. The van der Waals surface area contributed by atoms with Crippen molar-refractivity contribution in [3.63, 3.8) is 0 Å². The van der Waals surface area contributed by atoms with E-state index in [4.69, 9.17) is 14.5 Å². The number of carbonyl (C=O) groups excluding carboxylic acids is 2. The highest BCUT2D eigenvalue weighted by Crippen LogP contribution is 2.42. The number of imidazole rings is 1. The van der Waals surface area contributed by atoms with Crippen LogP contribution in [0.1, 0.15) is 44.4 Å². The first-order valence-electron chi connectivity index (χ1n) is 11.8. The van der Waals surface area contributed by atoms with Gasteiger partial charge in [-0.15, -0.1) is 0 Å². The zero-order valence-corrected chi connectivity index (χ0v) is 21.6. The second-order valence-corrected chi connectivity index (χ2v) is 10.9. The Hall–Kier alpha value is -3.07. The number of halogens is 1. The van der Waals surface area contributed by atoms with E-state index in [-0.39, 0.29) is 36.8 Å². The third-order valence-electron chi connectivity index (χ3n) is 6.53. The van der Waals surface area contributed by atoms with Gasteiger partial charge in [-0.05, 0) is 60.8 Å². The predicted molar refractivity (Wildman–Crippen MR) is 134 cm³/mol. The van der Waals surface area contributed by atoms with Crippen LogP contribution < -0.4 is 0 Å². The summed E-state index contributed by atoms with van der Waals surface area (Å²) in [6, 6.07) is 13.1. The van der Waals surface area contributed by atoms with Gasteiger partial charge in [0, 0.05) is 31.4 Å². The largest absolute Gasteiger partial charge is 0.445 e. The highest BCUT2D eigenvalue weighted by molar-refractivity contribution is 9.10. The van der Waals surface area contributed by atoms with E-state index < -0.39 is 5.60 Å². The summed E-state index contributed by atoms with van der Waals surface area (Å²) in [6.45, 7) is 6.71. The van der Waals surface area contributed by atoms with Crippen LogP contribution in [0.3, 0.4) is 0 Å². The summed E-state index contributed by atoms with van der Waals surface area (Å²) < 4.78 is 14.2. The minimum Gasteiger partial charge on any atom is -0.445 e. The number of ether oxygens (including phenoxy) is 2. The van der Waals surface area contributed by atoms with Gasteiger partial charge in [0.25, 0.3) is 0 Å². The molecule has 2 aromatic heterocycles. The third-order valence-corrected chi connectivity index (χ3v) is 7.15. The van der Waals surface area contributed by atoms with Crippen LogP contribution in [0.5, 0.6) is 0 Å². The number of carbonyl (C=O) groups is 2. The standard InChI is InChI=1S/C26H29BrN4O4/c1-26(2,3)35-25(33)30-13-11-21-22(30)18(20-15-29-12-7-10-19(27)23(29)28-20)14-31(21)24(32)34-16-17-8-5-4-6-9-17/h4-10,12,15,18,21-22H,11,13-14,16H2,1-3H3/t18-,21-,22-/m1/s1. The first-order valence-corrected chi connectivity index (χ1v) is 12.6. The molecule has 2 fully saturated rings. The molecule has 0 aliphatic carbocycles. The second kappa shape index (κ2) is 9.18. The number of likely N-dealkylation sites (tertiary alicyclic amines) is 2. The van der Waals surface area contributed by atoms with Crippen molar-refractivity contribution in [2.75, 3.05) is 13.1 Å². The number of pyridine rings is 1. The van der Waals surface area contributed by atoms with Gasteiger partial charge in [0.1, 0.15) is 12.2 Å². The number of hydrogen-bond donors (Lipinski definition) is 0. The molecule has 2 aliphatic heterocycles. The minimum absolute atomic E-state index is 0.161. The Morgan fingerprint density at radius 3 is 2.57 bits per heavy atom. The molecule has 2 amide bonds. The Labute approximate surface area is 212 Å². The summed E-state index contributed by atoms with van der Waals surface area (Å²) in [6.07, 6.45) is 3.85. The molecular formula is C26H29BrN4O4. The maximum absolute atomic E-state index is 13.2. The average Bonchev–Trinajstić information content (AvgIpc) is 3.51. The highest BCUT2D eigenvalue weighted by atomic mass is 79.9. The van der Waals surface area contributed by atoms with Gasteiger partial charge in [-0.1, -0.05) is 30.3 Å². The molecule has 5 rings (SSSR count). The van der Waals surface area contributed by atoms with E-state index >= 15 is 0 Å². The van der Waals surface area contributed by atoms with Crippen LogP contribution >= 0.6 is 15.9 Å². The molecular weight excluding hydrogens is 512 g/mol. The Balaban J connectivity index is 1.43. The van der Waals surface area contributed by atoms with Crippen LogP contribution in [0, 0.1) is 0 Å². The number of rotatable bonds is 3. The molecule has 4 heterocycles. The Morgan fingerprint density at radius 1 is 1.09 bits per heavy atom. The fraction of sp³-hybridized carbons (Fsp3) is 0.423. The molecule has 0 spiro atoms. The molecule has 8 nitrogen and oxygen atoms in total. The molecule has 3 atom stereocenters. The van der Waals surface area contributed by atoms with Gasteiger partial charge < -0.3 is 23.7 Å². The molecule has 0 bridgehead atoms. The number of aromatic nitrogens is 2. The van der Waals surface area contributed by atoms with Gasteiger partial charge in [-0.25, -0.2) is 14.6 Å². The molecule has 0 unspecified atom stereocenters. The van der Waals surface area contributed by atoms with Crippen molar-refractivity contribution in [1.82, 2.24) is 19.2 Å². The van der Waals surface area contributed by atoms with Gasteiger partial charge in [0.05, 0.1) is 22.3 Å². The molecule has 3 aromatic rings. The van der Waals surface area contributed by atoms with Crippen molar-refractivity contribution in [3.8, 4) is 0 Å². The van der Waals surface area contributed by atoms with Crippen LogP contribution in [0.15, 0.2) is 59.3 Å². The number of nitrogens with zero attached hydrogens (tertiary/aromatic N) is 4. The van der Waals surface area contributed by atoms with Crippen molar-refractivity contribution in [2.45, 2.75) is 57.4 Å². The molecule has 0 N–H and O–H groups in total. The normalized spacial score (nSPS) is 21.9.